The number of hydrogen-bond donors (Lipinski definition) is 3. The Morgan fingerprint density at radius 3 is 2.34 bits per heavy atom. The predicted octanol–water partition coefficient (Wildman–Crippen LogP) is 4.10. The van der Waals surface area contributed by atoms with Crippen LogP contribution in [0.15, 0.2) is 41.2 Å². The summed E-state index contributed by atoms with van der Waals surface area (Å²) in [5.41, 5.74) is 6.88. The summed E-state index contributed by atoms with van der Waals surface area (Å²) in [6.45, 7) is 4.45. The molecule has 1 aliphatic carbocycles. The molecule has 0 spiro atoms. The van der Waals surface area contributed by atoms with Crippen LogP contribution in [0, 0.1) is 0 Å². The molecular weight excluding hydrogens is 425 g/mol. The van der Waals surface area contributed by atoms with Crippen LogP contribution < -0.4 is 5.56 Å². The monoisotopic (exact) mass is 452 g/mol. The van der Waals surface area contributed by atoms with Gasteiger partial charge in [0.2, 0.25) is 0 Å². The molecule has 1 atom stereocenters. The maximum absolute atomic E-state index is 11.6. The van der Waals surface area contributed by atoms with E-state index in [4.69, 9.17) is 0 Å². The number of aryl methyl sites for hydroxylation is 2. The Morgan fingerprint density at radius 1 is 1.07 bits per heavy atom. The quantitative estimate of drug-likeness (QED) is 0.493. The third-order valence-corrected chi connectivity index (χ3v) is 9.01. The van der Waals surface area contributed by atoms with E-state index in [2.05, 4.69) is 31.0 Å². The zero-order valence-corrected chi connectivity index (χ0v) is 18.8. The molecule has 29 heavy (non-hydrogen) atoms. The Kier molecular flexibility index (Phi) is 5.85. The molecule has 0 saturated heterocycles. The Morgan fingerprint density at radius 2 is 1.72 bits per heavy atom. The molecule has 2 aromatic carbocycles. The molecule has 1 heterocycles. The minimum atomic E-state index is -0.579. The number of aromatic nitrogens is 1. The molecule has 1 radical (unpaired) electrons. The summed E-state index contributed by atoms with van der Waals surface area (Å²) in [5.74, 6) is 0.0339. The van der Waals surface area contributed by atoms with Crippen LogP contribution in [0.1, 0.15) is 47.8 Å². The van der Waals surface area contributed by atoms with Crippen molar-refractivity contribution in [3.8, 4) is 5.75 Å². The fourth-order valence-corrected chi connectivity index (χ4v) is 7.26. The van der Waals surface area contributed by atoms with Crippen molar-refractivity contribution in [2.75, 3.05) is 0 Å². The van der Waals surface area contributed by atoms with Crippen molar-refractivity contribution >= 4 is 26.7 Å². The number of H-pyrrole nitrogens is 1. The number of phenolic OH excluding ortho intramolecular Hbond substituents is 1. The first-order valence-corrected chi connectivity index (χ1v) is 12.7. The van der Waals surface area contributed by atoms with Gasteiger partial charge in [-0.25, -0.2) is 0 Å². The SMILES string of the molecule is CCc1cc2c(cc1CC)CC([As]CC(O)c1ccc(O)c3[nH]c(=O)ccc13)C2. The van der Waals surface area contributed by atoms with Gasteiger partial charge < -0.3 is 0 Å². The number of aliphatic hydroxyl groups excluding tert-OH is 1. The van der Waals surface area contributed by atoms with Crippen molar-refractivity contribution in [3.05, 3.63) is 74.6 Å². The second-order valence-electron chi connectivity index (χ2n) is 7.82. The summed E-state index contributed by atoms with van der Waals surface area (Å²) in [7, 11) is 0. The molecule has 0 bridgehead atoms. The van der Waals surface area contributed by atoms with E-state index in [1.165, 1.54) is 28.3 Å². The number of fused-ring (bicyclic) bond motifs is 2. The molecule has 5 heteroatoms. The van der Waals surface area contributed by atoms with E-state index in [0.717, 1.165) is 36.5 Å². The molecular formula is C24H27AsNO3. The fourth-order valence-electron chi connectivity index (χ4n) is 4.44. The van der Waals surface area contributed by atoms with Crippen molar-refractivity contribution in [2.24, 2.45) is 0 Å². The molecule has 0 saturated carbocycles. The van der Waals surface area contributed by atoms with Gasteiger partial charge in [0.15, 0.2) is 0 Å². The summed E-state index contributed by atoms with van der Waals surface area (Å²) in [4.78, 5) is 14.3. The van der Waals surface area contributed by atoms with Gasteiger partial charge >= 0.3 is 178 Å². The Balaban J connectivity index is 1.48. The molecule has 1 aliphatic rings. The van der Waals surface area contributed by atoms with Gasteiger partial charge in [-0.3, -0.25) is 0 Å². The van der Waals surface area contributed by atoms with E-state index in [9.17, 15) is 15.0 Å². The van der Waals surface area contributed by atoms with E-state index < -0.39 is 6.10 Å². The van der Waals surface area contributed by atoms with Gasteiger partial charge in [0, 0.05) is 0 Å². The van der Waals surface area contributed by atoms with E-state index in [1.807, 2.05) is 0 Å². The fraction of sp³-hybridized carbons (Fsp3) is 0.375. The van der Waals surface area contributed by atoms with Crippen LogP contribution in [0.3, 0.4) is 0 Å². The van der Waals surface area contributed by atoms with Gasteiger partial charge in [-0.15, -0.1) is 0 Å². The molecule has 1 unspecified atom stereocenters. The van der Waals surface area contributed by atoms with Crippen LogP contribution in [0.5, 0.6) is 5.75 Å². The van der Waals surface area contributed by atoms with Crippen LogP contribution in [0.2, 0.25) is 9.91 Å². The third kappa shape index (κ3) is 4.01. The van der Waals surface area contributed by atoms with Crippen molar-refractivity contribution in [3.63, 3.8) is 0 Å². The molecule has 1 aromatic heterocycles. The second-order valence-corrected chi connectivity index (χ2v) is 10.9. The number of pyridine rings is 1. The van der Waals surface area contributed by atoms with Crippen LogP contribution in [-0.4, -0.2) is 30.9 Å². The molecule has 0 aliphatic heterocycles. The zero-order chi connectivity index (χ0) is 20.5. The van der Waals surface area contributed by atoms with Gasteiger partial charge in [0.1, 0.15) is 0 Å². The molecule has 4 rings (SSSR count). The first-order valence-electron chi connectivity index (χ1n) is 10.3. The van der Waals surface area contributed by atoms with E-state index in [-0.39, 0.29) is 27.1 Å². The van der Waals surface area contributed by atoms with E-state index >= 15 is 0 Å². The standard InChI is InChI=1S/C24H27AsNO3/c1-3-14-9-16-11-18(12-17(16)10-15(14)4-2)25-13-22(28)19-5-7-21(27)24-20(19)6-8-23(29)26-24/h5-10,18,22,27-28H,3-4,11-13H2,1-2H3,(H,26,29). The summed E-state index contributed by atoms with van der Waals surface area (Å²) in [5, 5.41) is 22.4. The van der Waals surface area contributed by atoms with Gasteiger partial charge in [-0.05, 0) is 0 Å². The number of aromatic amines is 1. The average molecular weight is 452 g/mol. The number of phenols is 1. The van der Waals surface area contributed by atoms with Crippen molar-refractivity contribution in [2.45, 2.75) is 55.5 Å². The van der Waals surface area contributed by atoms with Crippen LogP contribution in [0.4, 0.5) is 0 Å². The second kappa shape index (κ2) is 8.37. The number of aromatic hydroxyl groups is 1. The topological polar surface area (TPSA) is 73.3 Å². The predicted molar refractivity (Wildman–Crippen MR) is 118 cm³/mol. The summed E-state index contributed by atoms with van der Waals surface area (Å²) in [6.07, 6.45) is 3.85. The molecule has 0 fully saturated rings. The number of rotatable bonds is 6. The minimum absolute atomic E-state index is 0.0108. The first-order chi connectivity index (χ1) is 14.0. The number of benzene rings is 2. The van der Waals surface area contributed by atoms with Gasteiger partial charge in [0.05, 0.1) is 0 Å². The first kappa shape index (κ1) is 20.2. The third-order valence-electron chi connectivity index (χ3n) is 6.00. The Hall–Kier alpha value is -2.03. The maximum atomic E-state index is 11.6. The summed E-state index contributed by atoms with van der Waals surface area (Å²) >= 11 is -0.0108. The molecule has 151 valence electrons. The van der Waals surface area contributed by atoms with Crippen molar-refractivity contribution in [1.29, 1.82) is 0 Å². The van der Waals surface area contributed by atoms with E-state index in [1.54, 1.807) is 18.2 Å². The van der Waals surface area contributed by atoms with Crippen LogP contribution in [0.25, 0.3) is 10.9 Å². The van der Waals surface area contributed by atoms with Crippen LogP contribution in [-0.2, 0) is 25.7 Å². The summed E-state index contributed by atoms with van der Waals surface area (Å²) in [6, 6.07) is 11.3. The van der Waals surface area contributed by atoms with Gasteiger partial charge in [0.25, 0.3) is 0 Å². The normalized spacial score (nSPS) is 15.4. The molecule has 3 N–H and O–H groups in total. The van der Waals surface area contributed by atoms with Crippen molar-refractivity contribution < 1.29 is 10.2 Å². The van der Waals surface area contributed by atoms with Crippen LogP contribution >= 0.6 is 0 Å². The Labute approximate surface area is 177 Å². The summed E-state index contributed by atoms with van der Waals surface area (Å²) < 4.78 is 0.649. The van der Waals surface area contributed by atoms with Gasteiger partial charge in [-0.1, -0.05) is 0 Å². The van der Waals surface area contributed by atoms with Gasteiger partial charge in [-0.2, -0.15) is 0 Å². The number of aliphatic hydroxyl groups is 1. The Bertz CT molecular complexity index is 1070. The molecule has 0 amide bonds. The van der Waals surface area contributed by atoms with Crippen molar-refractivity contribution in [1.82, 2.24) is 4.98 Å². The van der Waals surface area contributed by atoms with E-state index in [0.29, 0.717) is 15.6 Å². The molecule has 3 aromatic rings. The zero-order valence-electron chi connectivity index (χ0n) is 16.9. The molecule has 4 nitrogen and oxygen atoms in total. The number of nitrogens with one attached hydrogen (secondary N) is 1. The average Bonchev–Trinajstić information content (AvgIpc) is 3.13. The number of hydrogen-bond acceptors (Lipinski definition) is 3.